The van der Waals surface area contributed by atoms with Crippen LogP contribution in [0.5, 0.6) is 0 Å². The van der Waals surface area contributed by atoms with E-state index in [-0.39, 0.29) is 18.0 Å². The number of carbonyl (C=O) groups is 1. The molecule has 32 heavy (non-hydrogen) atoms. The van der Waals surface area contributed by atoms with Crippen LogP contribution in [0.2, 0.25) is 10.0 Å². The Morgan fingerprint density at radius 2 is 2.09 bits per heavy atom. The van der Waals surface area contributed by atoms with Gasteiger partial charge in [-0.2, -0.15) is 4.98 Å². The standard InChI is InChI=1S/C22H23Cl2N5O3/c1-11-19-12(6-13(23)7-15(19)24)2-5-29(11)21(31)14-10-28(4-3-18(14)30)17-9-26-8-16-20(17)32-22(25)27-16/h6-9,11,14,18,30H,2-5,10H2,1H3,(H2,25,27)/t11-,14?,18?/m0/s1. The Morgan fingerprint density at radius 3 is 2.91 bits per heavy atom. The first-order valence-corrected chi connectivity index (χ1v) is 11.3. The number of nitrogens with two attached hydrogens (primary N) is 1. The fraction of sp³-hybridized carbons (Fsp3) is 0.409. The number of nitrogen functional groups attached to an aromatic ring is 1. The molecule has 1 aromatic carbocycles. The zero-order valence-corrected chi connectivity index (χ0v) is 19.0. The Morgan fingerprint density at radius 1 is 1.28 bits per heavy atom. The Bertz CT molecular complexity index is 1200. The minimum atomic E-state index is -0.736. The van der Waals surface area contributed by atoms with Crippen molar-refractivity contribution in [3.63, 3.8) is 0 Å². The van der Waals surface area contributed by atoms with Gasteiger partial charge in [0.1, 0.15) is 11.2 Å². The van der Waals surface area contributed by atoms with Crippen LogP contribution in [-0.4, -0.2) is 51.6 Å². The van der Waals surface area contributed by atoms with Crippen molar-refractivity contribution < 1.29 is 14.3 Å². The molecule has 1 fully saturated rings. The first-order valence-electron chi connectivity index (χ1n) is 10.5. The van der Waals surface area contributed by atoms with Gasteiger partial charge in [0.15, 0.2) is 5.58 Å². The molecule has 2 aromatic heterocycles. The van der Waals surface area contributed by atoms with E-state index in [1.54, 1.807) is 18.5 Å². The van der Waals surface area contributed by atoms with Crippen LogP contribution >= 0.6 is 23.2 Å². The Kier molecular flexibility index (Phi) is 5.39. The number of benzene rings is 1. The maximum absolute atomic E-state index is 13.6. The van der Waals surface area contributed by atoms with E-state index in [1.807, 2.05) is 22.8 Å². The quantitative estimate of drug-likeness (QED) is 0.583. The van der Waals surface area contributed by atoms with E-state index in [0.29, 0.717) is 59.3 Å². The highest BCUT2D eigenvalue weighted by molar-refractivity contribution is 6.35. The van der Waals surface area contributed by atoms with Gasteiger partial charge in [-0.05, 0) is 43.0 Å². The summed E-state index contributed by atoms with van der Waals surface area (Å²) in [4.78, 5) is 25.8. The number of anilines is 2. The van der Waals surface area contributed by atoms with Gasteiger partial charge in [0.2, 0.25) is 5.91 Å². The zero-order chi connectivity index (χ0) is 22.6. The number of oxazole rings is 1. The molecule has 168 valence electrons. The summed E-state index contributed by atoms with van der Waals surface area (Å²) in [7, 11) is 0. The molecule has 0 saturated carbocycles. The fourth-order valence-corrected chi connectivity index (χ4v) is 5.59. The Hall–Kier alpha value is -2.55. The number of rotatable bonds is 2. The summed E-state index contributed by atoms with van der Waals surface area (Å²) in [6.07, 6.45) is 3.64. The molecular formula is C22H23Cl2N5O3. The summed E-state index contributed by atoms with van der Waals surface area (Å²) in [5.41, 5.74) is 9.50. The Balaban J connectivity index is 1.42. The smallest absolute Gasteiger partial charge is 0.293 e. The van der Waals surface area contributed by atoms with Gasteiger partial charge in [-0.3, -0.25) is 9.78 Å². The highest BCUT2D eigenvalue weighted by atomic mass is 35.5. The van der Waals surface area contributed by atoms with E-state index in [0.717, 1.165) is 11.1 Å². The molecule has 3 aromatic rings. The number of hydrogen-bond donors (Lipinski definition) is 2. The number of amides is 1. The number of piperidine rings is 1. The predicted octanol–water partition coefficient (Wildman–Crippen LogP) is 3.44. The lowest BCUT2D eigenvalue weighted by atomic mass is 9.88. The minimum Gasteiger partial charge on any atom is -0.421 e. The molecule has 3 N–H and O–H groups in total. The lowest BCUT2D eigenvalue weighted by Crippen LogP contribution is -2.52. The lowest BCUT2D eigenvalue weighted by Gasteiger charge is -2.42. The molecule has 8 nitrogen and oxygen atoms in total. The molecule has 1 saturated heterocycles. The molecule has 0 spiro atoms. The molecule has 3 atom stereocenters. The molecule has 2 aliphatic heterocycles. The number of halogens is 2. The second-order valence-electron chi connectivity index (χ2n) is 8.39. The van der Waals surface area contributed by atoms with Gasteiger partial charge >= 0.3 is 0 Å². The largest absolute Gasteiger partial charge is 0.421 e. The number of hydrogen-bond acceptors (Lipinski definition) is 7. The topological polar surface area (TPSA) is 109 Å². The van der Waals surface area contributed by atoms with Crippen molar-refractivity contribution in [3.8, 4) is 0 Å². The van der Waals surface area contributed by atoms with Gasteiger partial charge in [-0.25, -0.2) is 0 Å². The van der Waals surface area contributed by atoms with Crippen molar-refractivity contribution in [3.05, 3.63) is 45.7 Å². The predicted molar refractivity (Wildman–Crippen MR) is 123 cm³/mol. The van der Waals surface area contributed by atoms with Crippen LogP contribution in [0, 0.1) is 5.92 Å². The summed E-state index contributed by atoms with van der Waals surface area (Å²) in [5, 5.41) is 11.9. The van der Waals surface area contributed by atoms with Crippen LogP contribution in [0.25, 0.3) is 11.1 Å². The number of aliphatic hydroxyl groups is 1. The highest BCUT2D eigenvalue weighted by Gasteiger charge is 2.40. The van der Waals surface area contributed by atoms with Gasteiger partial charge in [0, 0.05) is 29.7 Å². The van der Waals surface area contributed by atoms with E-state index < -0.39 is 12.0 Å². The highest BCUT2D eigenvalue weighted by Crippen LogP contribution is 2.39. The summed E-state index contributed by atoms with van der Waals surface area (Å²) in [5.74, 6) is -0.682. The number of carbonyl (C=O) groups excluding carboxylic acids is 1. The number of fused-ring (bicyclic) bond motifs is 2. The molecule has 0 radical (unpaired) electrons. The molecule has 2 aliphatic rings. The number of aromatic nitrogens is 2. The van der Waals surface area contributed by atoms with Crippen molar-refractivity contribution in [2.24, 2.45) is 5.92 Å². The Labute approximate surface area is 194 Å². The van der Waals surface area contributed by atoms with E-state index in [1.165, 1.54) is 0 Å². The van der Waals surface area contributed by atoms with Crippen molar-refractivity contribution >= 4 is 51.9 Å². The van der Waals surface area contributed by atoms with Crippen molar-refractivity contribution in [2.75, 3.05) is 30.3 Å². The van der Waals surface area contributed by atoms with Crippen molar-refractivity contribution in [1.82, 2.24) is 14.9 Å². The second-order valence-corrected chi connectivity index (χ2v) is 9.23. The summed E-state index contributed by atoms with van der Waals surface area (Å²) < 4.78 is 5.57. The normalized spacial score (nSPS) is 23.4. The van der Waals surface area contributed by atoms with Crippen LogP contribution in [-0.2, 0) is 11.2 Å². The molecule has 0 bridgehead atoms. The SMILES string of the molecule is C[C@H]1c2c(Cl)cc(Cl)cc2CCN1C(=O)C1CN(c2cncc3nc(N)oc23)CCC1O. The molecular weight excluding hydrogens is 453 g/mol. The third-order valence-electron chi connectivity index (χ3n) is 6.50. The summed E-state index contributed by atoms with van der Waals surface area (Å²) in [6, 6.07) is 3.48. The summed E-state index contributed by atoms with van der Waals surface area (Å²) in [6.45, 7) is 3.41. The average Bonchev–Trinajstić information content (AvgIpc) is 3.13. The van der Waals surface area contributed by atoms with Crippen LogP contribution in [0.4, 0.5) is 11.7 Å². The molecule has 2 unspecified atom stereocenters. The minimum absolute atomic E-state index is 0.0664. The van der Waals surface area contributed by atoms with E-state index in [4.69, 9.17) is 33.4 Å². The van der Waals surface area contributed by atoms with E-state index >= 15 is 0 Å². The van der Waals surface area contributed by atoms with Gasteiger partial charge < -0.3 is 25.1 Å². The molecule has 5 rings (SSSR count). The van der Waals surface area contributed by atoms with Crippen molar-refractivity contribution in [1.29, 1.82) is 0 Å². The van der Waals surface area contributed by atoms with Gasteiger partial charge in [-0.1, -0.05) is 23.2 Å². The van der Waals surface area contributed by atoms with Crippen LogP contribution in [0.1, 0.15) is 30.5 Å². The molecule has 4 heterocycles. The third-order valence-corrected chi connectivity index (χ3v) is 7.03. The van der Waals surface area contributed by atoms with E-state index in [2.05, 4.69) is 9.97 Å². The summed E-state index contributed by atoms with van der Waals surface area (Å²) >= 11 is 12.6. The average molecular weight is 476 g/mol. The maximum atomic E-state index is 13.6. The first-order chi connectivity index (χ1) is 15.3. The number of aliphatic hydroxyl groups excluding tert-OH is 1. The second kappa shape index (κ2) is 8.10. The molecule has 1 amide bonds. The monoisotopic (exact) mass is 475 g/mol. The number of pyridine rings is 1. The third kappa shape index (κ3) is 3.56. The molecule has 10 heteroatoms. The number of nitrogens with zero attached hydrogens (tertiary/aromatic N) is 4. The first kappa shape index (κ1) is 21.3. The van der Waals surface area contributed by atoms with Gasteiger partial charge in [-0.15, -0.1) is 0 Å². The molecule has 0 aliphatic carbocycles. The van der Waals surface area contributed by atoms with Gasteiger partial charge in [0.05, 0.1) is 30.5 Å². The lowest BCUT2D eigenvalue weighted by molar-refractivity contribution is -0.142. The maximum Gasteiger partial charge on any atom is 0.293 e. The fourth-order valence-electron chi connectivity index (χ4n) is 4.90. The van der Waals surface area contributed by atoms with Gasteiger partial charge in [0.25, 0.3) is 6.01 Å². The van der Waals surface area contributed by atoms with Crippen LogP contribution in [0.15, 0.2) is 28.9 Å². The van der Waals surface area contributed by atoms with Crippen LogP contribution in [0.3, 0.4) is 0 Å². The van der Waals surface area contributed by atoms with Crippen LogP contribution < -0.4 is 10.6 Å². The van der Waals surface area contributed by atoms with E-state index in [9.17, 15) is 9.90 Å². The van der Waals surface area contributed by atoms with Crippen molar-refractivity contribution in [2.45, 2.75) is 31.9 Å². The zero-order valence-electron chi connectivity index (χ0n) is 17.5.